The Morgan fingerprint density at radius 3 is 2.52 bits per heavy atom. The first kappa shape index (κ1) is 17.1. The lowest BCUT2D eigenvalue weighted by molar-refractivity contribution is -0.153. The monoisotopic (exact) mass is 318 g/mol. The summed E-state index contributed by atoms with van der Waals surface area (Å²) >= 11 is 0. The van der Waals surface area contributed by atoms with Crippen molar-refractivity contribution in [2.75, 3.05) is 0 Å². The van der Waals surface area contributed by atoms with Gasteiger partial charge in [0, 0.05) is 0 Å². The number of hydrogen-bond acceptors (Lipinski definition) is 5. The molecule has 0 radical (unpaired) electrons. The molecule has 1 aliphatic heterocycles. The quantitative estimate of drug-likeness (QED) is 0.524. The van der Waals surface area contributed by atoms with Crippen molar-refractivity contribution in [3.8, 4) is 11.5 Å². The first-order valence-electron chi connectivity index (χ1n) is 7.48. The Bertz CT molecular complexity index is 677. The van der Waals surface area contributed by atoms with Gasteiger partial charge in [-0.1, -0.05) is 0 Å². The lowest BCUT2D eigenvalue weighted by atomic mass is 9.97. The minimum absolute atomic E-state index is 0.0857. The van der Waals surface area contributed by atoms with E-state index in [1.807, 2.05) is 13.8 Å². The molecule has 0 amide bonds. The first-order chi connectivity index (χ1) is 10.5. The lowest BCUT2D eigenvalue weighted by Crippen LogP contribution is -2.27. The van der Waals surface area contributed by atoms with Crippen LogP contribution in [0.4, 0.5) is 0 Å². The van der Waals surface area contributed by atoms with E-state index in [4.69, 9.17) is 9.47 Å². The van der Waals surface area contributed by atoms with E-state index in [-0.39, 0.29) is 11.3 Å². The Morgan fingerprint density at radius 2 is 1.91 bits per heavy atom. The van der Waals surface area contributed by atoms with Gasteiger partial charge in [0.05, 0.1) is 11.1 Å². The van der Waals surface area contributed by atoms with Crippen LogP contribution in [-0.4, -0.2) is 28.1 Å². The van der Waals surface area contributed by atoms with Crippen LogP contribution in [0.2, 0.25) is 0 Å². The van der Waals surface area contributed by atoms with Crippen molar-refractivity contribution < 1.29 is 24.2 Å². The zero-order valence-electron chi connectivity index (χ0n) is 14.1. The molecule has 5 heteroatoms. The summed E-state index contributed by atoms with van der Waals surface area (Å²) < 4.78 is 10.9. The number of Topliss-reactive ketones (excluding diaryl/α,β-unsaturated/α-hetero) is 1. The van der Waals surface area contributed by atoms with Gasteiger partial charge in [-0.2, -0.15) is 0 Å². The molecule has 0 unspecified atom stereocenters. The molecule has 23 heavy (non-hydrogen) atoms. The van der Waals surface area contributed by atoms with Gasteiger partial charge in [-0.15, -0.1) is 0 Å². The third-order valence-electron chi connectivity index (χ3n) is 3.23. The molecule has 124 valence electrons. The number of carbonyl (C=O) groups excluding carboxylic acids is 2. The molecule has 0 aliphatic carbocycles. The van der Waals surface area contributed by atoms with E-state index in [2.05, 4.69) is 0 Å². The van der Waals surface area contributed by atoms with Crippen LogP contribution >= 0.6 is 0 Å². The number of ether oxygens (including phenoxy) is 2. The third kappa shape index (κ3) is 4.12. The summed E-state index contributed by atoms with van der Waals surface area (Å²) in [6, 6.07) is 3.10. The first-order valence-corrected chi connectivity index (χ1v) is 7.48. The second kappa shape index (κ2) is 5.72. The topological polar surface area (TPSA) is 72.8 Å². The molecule has 1 aromatic rings. The van der Waals surface area contributed by atoms with Crippen molar-refractivity contribution >= 4 is 17.8 Å². The van der Waals surface area contributed by atoms with Gasteiger partial charge in [0.2, 0.25) is 0 Å². The summed E-state index contributed by atoms with van der Waals surface area (Å²) in [7, 11) is 0. The largest absolute Gasteiger partial charge is 0.506 e. The SMILES string of the molecule is CC(C)(C)OC(=O)CC(=O)c1ccc2c(c1O)C=CC(C)(C)O2. The predicted molar refractivity (Wildman–Crippen MR) is 86.6 cm³/mol. The number of fused-ring (bicyclic) bond motifs is 1. The number of hydrogen-bond donors (Lipinski definition) is 1. The number of phenols is 1. The van der Waals surface area contributed by atoms with Crippen LogP contribution < -0.4 is 4.74 Å². The molecule has 0 fully saturated rings. The van der Waals surface area contributed by atoms with Gasteiger partial charge in [-0.3, -0.25) is 9.59 Å². The van der Waals surface area contributed by atoms with Crippen LogP contribution in [0, 0.1) is 0 Å². The minimum atomic E-state index is -0.655. The second-order valence-electron chi connectivity index (χ2n) is 7.10. The van der Waals surface area contributed by atoms with Crippen molar-refractivity contribution in [1.82, 2.24) is 0 Å². The van der Waals surface area contributed by atoms with Gasteiger partial charge in [0.15, 0.2) is 5.78 Å². The van der Waals surface area contributed by atoms with Gasteiger partial charge in [-0.25, -0.2) is 0 Å². The van der Waals surface area contributed by atoms with E-state index >= 15 is 0 Å². The molecule has 0 saturated carbocycles. The standard InChI is InChI=1S/C18H22O5/c1-17(2,3)23-15(20)10-13(19)11-6-7-14-12(16(11)21)8-9-18(4,5)22-14/h6-9,21H,10H2,1-5H3. The minimum Gasteiger partial charge on any atom is -0.506 e. The number of phenolic OH excluding ortho intramolecular Hbond substituents is 1. The van der Waals surface area contributed by atoms with Crippen molar-refractivity contribution in [2.45, 2.75) is 52.2 Å². The number of benzene rings is 1. The fourth-order valence-electron chi connectivity index (χ4n) is 2.27. The third-order valence-corrected chi connectivity index (χ3v) is 3.23. The zero-order chi connectivity index (χ0) is 17.4. The Balaban J connectivity index is 2.22. The maximum Gasteiger partial charge on any atom is 0.314 e. The molecule has 0 aromatic heterocycles. The molecule has 5 nitrogen and oxygen atoms in total. The smallest absolute Gasteiger partial charge is 0.314 e. The molecular weight excluding hydrogens is 296 g/mol. The molecule has 1 aliphatic rings. The summed E-state index contributed by atoms with van der Waals surface area (Å²) in [5.74, 6) is -0.781. The summed E-state index contributed by atoms with van der Waals surface area (Å²) in [5, 5.41) is 10.3. The highest BCUT2D eigenvalue weighted by Gasteiger charge is 2.27. The summed E-state index contributed by atoms with van der Waals surface area (Å²) in [6.45, 7) is 8.98. The Morgan fingerprint density at radius 1 is 1.26 bits per heavy atom. The van der Waals surface area contributed by atoms with Crippen LogP contribution in [0.25, 0.3) is 6.08 Å². The van der Waals surface area contributed by atoms with E-state index in [0.29, 0.717) is 11.3 Å². The highest BCUT2D eigenvalue weighted by molar-refractivity contribution is 6.08. The maximum atomic E-state index is 12.2. The number of aromatic hydroxyl groups is 1. The van der Waals surface area contributed by atoms with Crippen LogP contribution in [0.3, 0.4) is 0 Å². The highest BCUT2D eigenvalue weighted by atomic mass is 16.6. The van der Waals surface area contributed by atoms with Gasteiger partial charge in [-0.05, 0) is 58.9 Å². The second-order valence-corrected chi connectivity index (χ2v) is 7.10. The fraction of sp³-hybridized carbons (Fsp3) is 0.444. The average molecular weight is 318 g/mol. The van der Waals surface area contributed by atoms with Gasteiger partial charge in [0.1, 0.15) is 29.1 Å². The summed E-state index contributed by atoms with van der Waals surface area (Å²) in [5.41, 5.74) is -0.597. The van der Waals surface area contributed by atoms with Crippen molar-refractivity contribution in [1.29, 1.82) is 0 Å². The van der Waals surface area contributed by atoms with Gasteiger partial charge in [0.25, 0.3) is 0 Å². The molecule has 0 atom stereocenters. The predicted octanol–water partition coefficient (Wildman–Crippen LogP) is 3.49. The zero-order valence-corrected chi connectivity index (χ0v) is 14.1. The van der Waals surface area contributed by atoms with E-state index < -0.39 is 29.4 Å². The molecule has 1 N–H and O–H groups in total. The molecule has 0 saturated heterocycles. The van der Waals surface area contributed by atoms with Crippen molar-refractivity contribution in [3.63, 3.8) is 0 Å². The summed E-state index contributed by atoms with van der Waals surface area (Å²) in [4.78, 5) is 24.0. The molecule has 2 rings (SSSR count). The van der Waals surface area contributed by atoms with E-state index in [1.165, 1.54) is 6.07 Å². The normalized spacial score (nSPS) is 15.5. The Hall–Kier alpha value is -2.30. The maximum absolute atomic E-state index is 12.2. The molecule has 0 spiro atoms. The fourth-order valence-corrected chi connectivity index (χ4v) is 2.27. The molecule has 1 aromatic carbocycles. The van der Waals surface area contributed by atoms with Gasteiger partial charge < -0.3 is 14.6 Å². The lowest BCUT2D eigenvalue weighted by Gasteiger charge is -2.28. The van der Waals surface area contributed by atoms with E-state index in [9.17, 15) is 14.7 Å². The number of esters is 1. The van der Waals surface area contributed by atoms with Crippen molar-refractivity contribution in [3.05, 3.63) is 29.3 Å². The molecule has 0 bridgehead atoms. The van der Waals surface area contributed by atoms with Gasteiger partial charge >= 0.3 is 5.97 Å². The molecule has 1 heterocycles. The average Bonchev–Trinajstić information content (AvgIpc) is 2.34. The number of ketones is 1. The number of carbonyl (C=O) groups is 2. The summed E-state index contributed by atoms with van der Waals surface area (Å²) in [6.07, 6.45) is 3.11. The van der Waals surface area contributed by atoms with Crippen molar-refractivity contribution in [2.24, 2.45) is 0 Å². The van der Waals surface area contributed by atoms with E-state index in [0.717, 1.165) is 0 Å². The van der Waals surface area contributed by atoms with Crippen LogP contribution in [0.5, 0.6) is 11.5 Å². The highest BCUT2D eigenvalue weighted by Crippen LogP contribution is 2.38. The van der Waals surface area contributed by atoms with Crippen LogP contribution in [-0.2, 0) is 9.53 Å². The molecular formula is C18H22O5. The Labute approximate surface area is 135 Å². The van der Waals surface area contributed by atoms with Crippen LogP contribution in [0.15, 0.2) is 18.2 Å². The van der Waals surface area contributed by atoms with E-state index in [1.54, 1.807) is 39.0 Å². The Kier molecular flexibility index (Phi) is 4.24. The van der Waals surface area contributed by atoms with Crippen LogP contribution in [0.1, 0.15) is 57.0 Å². The number of rotatable bonds is 3.